The van der Waals surface area contributed by atoms with Gasteiger partial charge in [0.15, 0.2) is 5.13 Å². The SMILES string of the molecule is CCCNc1nc(N)c(C(=O)NCC2(C3CC3)CC2)s1. The number of nitrogens with zero attached hydrogens (tertiary/aromatic N) is 1. The van der Waals surface area contributed by atoms with Crippen LogP contribution in [-0.4, -0.2) is 24.0 Å². The Hall–Kier alpha value is -1.30. The first-order valence-corrected chi connectivity index (χ1v) is 8.24. The van der Waals surface area contributed by atoms with Crippen molar-refractivity contribution in [3.05, 3.63) is 4.88 Å². The molecule has 1 aromatic rings. The van der Waals surface area contributed by atoms with E-state index in [2.05, 4.69) is 22.5 Å². The average Bonchev–Trinajstić information content (AvgIpc) is 3.32. The van der Waals surface area contributed by atoms with Crippen molar-refractivity contribution < 1.29 is 4.79 Å². The zero-order valence-electron chi connectivity index (χ0n) is 11.9. The molecule has 0 unspecified atom stereocenters. The van der Waals surface area contributed by atoms with Crippen molar-refractivity contribution in [2.45, 2.75) is 39.0 Å². The number of rotatable bonds is 7. The fraction of sp³-hybridized carbons (Fsp3) is 0.714. The first-order chi connectivity index (χ1) is 9.64. The Balaban J connectivity index is 1.57. The molecule has 110 valence electrons. The van der Waals surface area contributed by atoms with E-state index in [9.17, 15) is 4.79 Å². The number of nitrogens with two attached hydrogens (primary N) is 1. The molecule has 0 radical (unpaired) electrons. The van der Waals surface area contributed by atoms with Crippen LogP contribution in [0.5, 0.6) is 0 Å². The summed E-state index contributed by atoms with van der Waals surface area (Å²) in [6.45, 7) is 3.73. The van der Waals surface area contributed by atoms with Crippen molar-refractivity contribution in [2.24, 2.45) is 11.3 Å². The first-order valence-electron chi connectivity index (χ1n) is 7.43. The molecule has 0 atom stereocenters. The molecule has 5 nitrogen and oxygen atoms in total. The minimum atomic E-state index is -0.0727. The van der Waals surface area contributed by atoms with E-state index in [-0.39, 0.29) is 5.91 Å². The van der Waals surface area contributed by atoms with Gasteiger partial charge in [0.25, 0.3) is 5.91 Å². The Bertz CT molecular complexity index is 505. The standard InChI is InChI=1S/C14H22N4OS/c1-2-7-16-13-18-11(15)10(20-13)12(19)17-8-14(5-6-14)9-3-4-9/h9H,2-8,15H2,1H3,(H,16,18)(H,17,19). The van der Waals surface area contributed by atoms with E-state index in [4.69, 9.17) is 5.73 Å². The Labute approximate surface area is 123 Å². The number of aromatic nitrogens is 1. The van der Waals surface area contributed by atoms with E-state index >= 15 is 0 Å². The van der Waals surface area contributed by atoms with Gasteiger partial charge in [0.1, 0.15) is 10.7 Å². The summed E-state index contributed by atoms with van der Waals surface area (Å²) in [5.74, 6) is 1.11. The van der Waals surface area contributed by atoms with Crippen molar-refractivity contribution >= 4 is 28.2 Å². The van der Waals surface area contributed by atoms with E-state index < -0.39 is 0 Å². The third-order valence-corrected chi connectivity index (χ3v) is 5.35. The zero-order chi connectivity index (χ0) is 14.2. The number of nitrogens with one attached hydrogen (secondary N) is 2. The lowest BCUT2D eigenvalue weighted by Gasteiger charge is -2.14. The van der Waals surface area contributed by atoms with Crippen LogP contribution in [0.1, 0.15) is 48.7 Å². The fourth-order valence-corrected chi connectivity index (χ4v) is 3.55. The Morgan fingerprint density at radius 3 is 2.85 bits per heavy atom. The summed E-state index contributed by atoms with van der Waals surface area (Å²) in [5, 5.41) is 6.96. The number of hydrogen-bond acceptors (Lipinski definition) is 5. The van der Waals surface area contributed by atoms with Gasteiger partial charge < -0.3 is 16.4 Å². The van der Waals surface area contributed by atoms with Crippen LogP contribution in [0.25, 0.3) is 0 Å². The summed E-state index contributed by atoms with van der Waals surface area (Å²) in [7, 11) is 0. The summed E-state index contributed by atoms with van der Waals surface area (Å²) in [6, 6.07) is 0. The predicted octanol–water partition coefficient (Wildman–Crippen LogP) is 2.47. The van der Waals surface area contributed by atoms with Gasteiger partial charge in [-0.05, 0) is 43.4 Å². The number of hydrogen-bond donors (Lipinski definition) is 3. The largest absolute Gasteiger partial charge is 0.382 e. The van der Waals surface area contributed by atoms with Crippen LogP contribution in [0.3, 0.4) is 0 Å². The molecule has 2 aliphatic carbocycles. The molecule has 2 fully saturated rings. The number of anilines is 2. The lowest BCUT2D eigenvalue weighted by atomic mass is 10.0. The second-order valence-corrected chi connectivity index (χ2v) is 6.98. The molecular weight excluding hydrogens is 272 g/mol. The number of carbonyl (C=O) groups excluding carboxylic acids is 1. The summed E-state index contributed by atoms with van der Waals surface area (Å²) in [6.07, 6.45) is 6.22. The molecule has 0 bridgehead atoms. The quantitative estimate of drug-likeness (QED) is 0.721. The van der Waals surface area contributed by atoms with Crippen LogP contribution in [-0.2, 0) is 0 Å². The Kier molecular flexibility index (Phi) is 3.58. The molecule has 0 aromatic carbocycles. The van der Waals surface area contributed by atoms with Crippen molar-refractivity contribution in [2.75, 3.05) is 24.1 Å². The summed E-state index contributed by atoms with van der Waals surface area (Å²) >= 11 is 1.34. The molecule has 6 heteroatoms. The monoisotopic (exact) mass is 294 g/mol. The number of amides is 1. The number of carbonyl (C=O) groups is 1. The molecule has 1 aromatic heterocycles. The van der Waals surface area contributed by atoms with Gasteiger partial charge in [-0.3, -0.25) is 4.79 Å². The van der Waals surface area contributed by atoms with E-state index in [1.54, 1.807) is 0 Å². The van der Waals surface area contributed by atoms with Crippen molar-refractivity contribution in [1.29, 1.82) is 0 Å². The fourth-order valence-electron chi connectivity index (χ4n) is 2.72. The maximum Gasteiger partial charge on any atom is 0.265 e. The maximum absolute atomic E-state index is 12.2. The molecule has 2 aliphatic rings. The van der Waals surface area contributed by atoms with Crippen LogP contribution in [0, 0.1) is 11.3 Å². The lowest BCUT2D eigenvalue weighted by Crippen LogP contribution is -2.31. The van der Waals surface area contributed by atoms with Gasteiger partial charge in [-0.1, -0.05) is 18.3 Å². The van der Waals surface area contributed by atoms with Gasteiger partial charge in [0.05, 0.1) is 0 Å². The highest BCUT2D eigenvalue weighted by Crippen LogP contribution is 2.60. The second kappa shape index (κ2) is 5.24. The first kappa shape index (κ1) is 13.7. The average molecular weight is 294 g/mol. The molecule has 0 aliphatic heterocycles. The molecule has 0 saturated heterocycles. The minimum Gasteiger partial charge on any atom is -0.382 e. The zero-order valence-corrected chi connectivity index (χ0v) is 12.7. The lowest BCUT2D eigenvalue weighted by molar-refractivity contribution is 0.0947. The normalized spacial score (nSPS) is 19.6. The van der Waals surface area contributed by atoms with Crippen LogP contribution in [0.15, 0.2) is 0 Å². The van der Waals surface area contributed by atoms with Gasteiger partial charge in [0, 0.05) is 13.1 Å². The van der Waals surface area contributed by atoms with Gasteiger partial charge in [-0.25, -0.2) is 4.98 Å². The smallest absolute Gasteiger partial charge is 0.265 e. The van der Waals surface area contributed by atoms with Crippen molar-refractivity contribution in [1.82, 2.24) is 10.3 Å². The van der Waals surface area contributed by atoms with Gasteiger partial charge in [-0.15, -0.1) is 0 Å². The van der Waals surface area contributed by atoms with Crippen LogP contribution >= 0.6 is 11.3 Å². The third kappa shape index (κ3) is 2.75. The highest BCUT2D eigenvalue weighted by Gasteiger charge is 2.53. The summed E-state index contributed by atoms with van der Waals surface area (Å²) in [4.78, 5) is 17.0. The molecule has 1 amide bonds. The van der Waals surface area contributed by atoms with Crippen LogP contribution < -0.4 is 16.4 Å². The van der Waals surface area contributed by atoms with Crippen LogP contribution in [0.2, 0.25) is 0 Å². The van der Waals surface area contributed by atoms with Crippen LogP contribution in [0.4, 0.5) is 10.9 Å². The Morgan fingerprint density at radius 1 is 1.50 bits per heavy atom. The van der Waals surface area contributed by atoms with E-state index in [1.165, 1.54) is 37.0 Å². The number of nitrogen functional groups attached to an aromatic ring is 1. The van der Waals surface area contributed by atoms with E-state index in [0.717, 1.165) is 30.6 Å². The molecule has 1 heterocycles. The molecule has 4 N–H and O–H groups in total. The molecule has 3 rings (SSSR count). The van der Waals surface area contributed by atoms with Crippen molar-refractivity contribution in [3.8, 4) is 0 Å². The minimum absolute atomic E-state index is 0.0727. The van der Waals surface area contributed by atoms with E-state index in [1.807, 2.05) is 0 Å². The molecule has 20 heavy (non-hydrogen) atoms. The highest BCUT2D eigenvalue weighted by molar-refractivity contribution is 7.18. The summed E-state index contributed by atoms with van der Waals surface area (Å²) < 4.78 is 0. The van der Waals surface area contributed by atoms with Gasteiger partial charge in [-0.2, -0.15) is 0 Å². The molecular formula is C14H22N4OS. The topological polar surface area (TPSA) is 80.0 Å². The van der Waals surface area contributed by atoms with Crippen molar-refractivity contribution in [3.63, 3.8) is 0 Å². The molecule has 2 saturated carbocycles. The van der Waals surface area contributed by atoms with E-state index in [0.29, 0.717) is 16.1 Å². The predicted molar refractivity (Wildman–Crippen MR) is 82.0 cm³/mol. The van der Waals surface area contributed by atoms with Gasteiger partial charge in [0.2, 0.25) is 0 Å². The highest BCUT2D eigenvalue weighted by atomic mass is 32.1. The maximum atomic E-state index is 12.2. The molecule has 0 spiro atoms. The van der Waals surface area contributed by atoms with Gasteiger partial charge >= 0.3 is 0 Å². The number of thiazole rings is 1. The second-order valence-electron chi connectivity index (χ2n) is 5.98. The third-order valence-electron chi connectivity index (χ3n) is 4.32. The Morgan fingerprint density at radius 2 is 2.25 bits per heavy atom. The summed E-state index contributed by atoms with van der Waals surface area (Å²) in [5.41, 5.74) is 6.25.